The molecule has 0 aliphatic rings. The Morgan fingerprint density at radius 1 is 1.22 bits per heavy atom. The van der Waals surface area contributed by atoms with Crippen LogP contribution in [0, 0.1) is 5.82 Å². The highest BCUT2D eigenvalue weighted by Gasteiger charge is 2.20. The second kappa shape index (κ2) is 5.53. The zero-order valence-corrected chi connectivity index (χ0v) is 12.0. The quantitative estimate of drug-likeness (QED) is 0.816. The summed E-state index contributed by atoms with van der Waals surface area (Å²) in [6.07, 6.45) is 1.67. The molecule has 2 nitrogen and oxygen atoms in total. The van der Waals surface area contributed by atoms with Crippen LogP contribution in [0.25, 0.3) is 0 Å². The highest BCUT2D eigenvalue weighted by Crippen LogP contribution is 2.34. The summed E-state index contributed by atoms with van der Waals surface area (Å²) in [7, 11) is 0. The van der Waals surface area contributed by atoms with E-state index in [0.29, 0.717) is 10.0 Å². The fourth-order valence-corrected chi connectivity index (χ4v) is 2.23. The minimum atomic E-state index is -1.19. The lowest BCUT2D eigenvalue weighted by Gasteiger charge is -2.14. The van der Waals surface area contributed by atoms with E-state index in [4.69, 9.17) is 23.2 Å². The van der Waals surface area contributed by atoms with Crippen LogP contribution < -0.4 is 0 Å². The molecular formula is C12H7BrCl2FNO. The summed E-state index contributed by atoms with van der Waals surface area (Å²) in [5, 5.41) is 10.3. The number of rotatable bonds is 2. The van der Waals surface area contributed by atoms with Gasteiger partial charge < -0.3 is 5.11 Å². The van der Waals surface area contributed by atoms with Gasteiger partial charge in [-0.25, -0.2) is 4.39 Å². The molecule has 1 N–H and O–H groups in total. The third-order valence-corrected chi connectivity index (χ3v) is 4.03. The van der Waals surface area contributed by atoms with E-state index in [1.807, 2.05) is 0 Å². The maximum Gasteiger partial charge on any atom is 0.149 e. The van der Waals surface area contributed by atoms with E-state index >= 15 is 0 Å². The normalized spacial score (nSPS) is 12.5. The average Bonchev–Trinajstić information content (AvgIpc) is 2.36. The molecule has 0 saturated heterocycles. The third kappa shape index (κ3) is 2.52. The van der Waals surface area contributed by atoms with Crippen molar-refractivity contribution in [1.82, 2.24) is 4.98 Å². The van der Waals surface area contributed by atoms with Crippen molar-refractivity contribution in [2.75, 3.05) is 0 Å². The van der Waals surface area contributed by atoms with E-state index < -0.39 is 11.9 Å². The van der Waals surface area contributed by atoms with Gasteiger partial charge in [0.05, 0.1) is 10.0 Å². The summed E-state index contributed by atoms with van der Waals surface area (Å²) in [6, 6.07) is 4.55. The lowest BCUT2D eigenvalue weighted by molar-refractivity contribution is 0.215. The zero-order valence-electron chi connectivity index (χ0n) is 8.87. The monoisotopic (exact) mass is 349 g/mol. The summed E-state index contributed by atoms with van der Waals surface area (Å²) in [5.41, 5.74) is 0.445. The summed E-state index contributed by atoms with van der Waals surface area (Å²) in [5.74, 6) is -0.675. The molecule has 2 aromatic rings. The lowest BCUT2D eigenvalue weighted by atomic mass is 10.0. The van der Waals surface area contributed by atoms with E-state index in [-0.39, 0.29) is 15.6 Å². The van der Waals surface area contributed by atoms with Crippen LogP contribution in [0.5, 0.6) is 0 Å². The van der Waals surface area contributed by atoms with Crippen molar-refractivity contribution in [3.05, 3.63) is 62.1 Å². The molecule has 0 spiro atoms. The van der Waals surface area contributed by atoms with Crippen LogP contribution in [-0.2, 0) is 0 Å². The molecule has 0 aliphatic heterocycles. The fourth-order valence-electron chi connectivity index (χ4n) is 1.53. The largest absolute Gasteiger partial charge is 0.383 e. The van der Waals surface area contributed by atoms with E-state index in [2.05, 4.69) is 20.9 Å². The van der Waals surface area contributed by atoms with Crippen LogP contribution in [0.4, 0.5) is 4.39 Å². The molecule has 94 valence electrons. The second-order valence-electron chi connectivity index (χ2n) is 3.56. The topological polar surface area (TPSA) is 33.1 Å². The Hall–Kier alpha value is -0.680. The van der Waals surface area contributed by atoms with E-state index in [1.165, 1.54) is 24.5 Å². The van der Waals surface area contributed by atoms with Crippen molar-refractivity contribution < 1.29 is 9.50 Å². The van der Waals surface area contributed by atoms with Crippen LogP contribution in [-0.4, -0.2) is 10.1 Å². The molecule has 6 heteroatoms. The maximum atomic E-state index is 13.9. The summed E-state index contributed by atoms with van der Waals surface area (Å²) in [4.78, 5) is 3.80. The van der Waals surface area contributed by atoms with Gasteiger partial charge in [-0.15, -0.1) is 0 Å². The van der Waals surface area contributed by atoms with Gasteiger partial charge >= 0.3 is 0 Å². The number of aliphatic hydroxyl groups is 1. The smallest absolute Gasteiger partial charge is 0.149 e. The van der Waals surface area contributed by atoms with Crippen LogP contribution in [0.3, 0.4) is 0 Å². The molecule has 0 saturated carbocycles. The Morgan fingerprint density at radius 3 is 2.61 bits per heavy atom. The van der Waals surface area contributed by atoms with Gasteiger partial charge in [-0.3, -0.25) is 4.98 Å². The molecule has 1 unspecified atom stereocenters. The minimum Gasteiger partial charge on any atom is -0.383 e. The SMILES string of the molecule is OC(c1ccncc1Cl)c1ccc(Br)c(Cl)c1F. The van der Waals surface area contributed by atoms with Crippen LogP contribution in [0.1, 0.15) is 17.2 Å². The number of hydrogen-bond donors (Lipinski definition) is 1. The lowest BCUT2D eigenvalue weighted by Crippen LogP contribution is -2.04. The molecule has 1 aromatic carbocycles. The minimum absolute atomic E-state index is 0.0660. The fraction of sp³-hybridized carbons (Fsp3) is 0.0833. The van der Waals surface area contributed by atoms with Crippen LogP contribution >= 0.6 is 39.1 Å². The van der Waals surface area contributed by atoms with Gasteiger partial charge in [-0.1, -0.05) is 29.3 Å². The first kappa shape index (κ1) is 13.7. The van der Waals surface area contributed by atoms with Crippen LogP contribution in [0.2, 0.25) is 10.0 Å². The molecule has 0 bridgehead atoms. The van der Waals surface area contributed by atoms with Gasteiger partial charge in [0, 0.05) is 28.0 Å². The van der Waals surface area contributed by atoms with Gasteiger partial charge in [-0.2, -0.15) is 0 Å². The van der Waals surface area contributed by atoms with Crippen molar-refractivity contribution in [2.45, 2.75) is 6.10 Å². The maximum absolute atomic E-state index is 13.9. The molecule has 0 fully saturated rings. The predicted molar refractivity (Wildman–Crippen MR) is 72.4 cm³/mol. The first-order valence-corrected chi connectivity index (χ1v) is 6.48. The molecule has 0 aliphatic carbocycles. The number of nitrogens with zero attached hydrogens (tertiary/aromatic N) is 1. The first-order valence-electron chi connectivity index (χ1n) is 4.93. The number of benzene rings is 1. The Bertz CT molecular complexity index is 594. The molecule has 18 heavy (non-hydrogen) atoms. The highest BCUT2D eigenvalue weighted by atomic mass is 79.9. The predicted octanol–water partition coefficient (Wildman–Crippen LogP) is 4.37. The van der Waals surface area contributed by atoms with Crippen LogP contribution in [0.15, 0.2) is 35.1 Å². The number of aromatic nitrogens is 1. The van der Waals surface area contributed by atoms with E-state index in [9.17, 15) is 9.50 Å². The first-order chi connectivity index (χ1) is 8.52. The molecule has 1 aromatic heterocycles. The van der Waals surface area contributed by atoms with Gasteiger partial charge in [0.25, 0.3) is 0 Å². The van der Waals surface area contributed by atoms with Gasteiger partial charge in [0.1, 0.15) is 11.9 Å². The van der Waals surface area contributed by atoms with Crippen molar-refractivity contribution in [1.29, 1.82) is 0 Å². The second-order valence-corrected chi connectivity index (χ2v) is 5.20. The molecular weight excluding hydrogens is 344 g/mol. The molecule has 2 rings (SSSR count). The summed E-state index contributed by atoms with van der Waals surface area (Å²) in [6.45, 7) is 0. The van der Waals surface area contributed by atoms with Gasteiger partial charge in [0.15, 0.2) is 0 Å². The van der Waals surface area contributed by atoms with Gasteiger partial charge in [0.2, 0.25) is 0 Å². The Labute approximate surface area is 122 Å². The van der Waals surface area contributed by atoms with Crippen molar-refractivity contribution >= 4 is 39.1 Å². The van der Waals surface area contributed by atoms with Gasteiger partial charge in [-0.05, 0) is 28.1 Å². The van der Waals surface area contributed by atoms with Crippen molar-refractivity contribution in [3.63, 3.8) is 0 Å². The molecule has 0 radical (unpaired) electrons. The molecule has 0 amide bonds. The Kier molecular flexibility index (Phi) is 4.22. The summed E-state index contributed by atoms with van der Waals surface area (Å²) < 4.78 is 14.4. The summed E-state index contributed by atoms with van der Waals surface area (Å²) >= 11 is 14.8. The third-order valence-electron chi connectivity index (χ3n) is 2.46. The highest BCUT2D eigenvalue weighted by molar-refractivity contribution is 9.10. The zero-order chi connectivity index (χ0) is 13.3. The number of aliphatic hydroxyl groups excluding tert-OH is 1. The molecule has 1 atom stereocenters. The van der Waals surface area contributed by atoms with Crippen molar-refractivity contribution in [2.24, 2.45) is 0 Å². The standard InChI is InChI=1S/C12H7BrCl2FNO/c13-8-2-1-7(11(16)10(8)15)12(18)6-3-4-17-5-9(6)14/h1-5,12,18H. The van der Waals surface area contributed by atoms with E-state index in [0.717, 1.165) is 0 Å². The molecule has 1 heterocycles. The Morgan fingerprint density at radius 2 is 1.94 bits per heavy atom. The number of halogens is 4. The average molecular weight is 351 g/mol. The Balaban J connectivity index is 2.50. The van der Waals surface area contributed by atoms with E-state index in [1.54, 1.807) is 6.07 Å². The number of pyridine rings is 1. The number of hydrogen-bond acceptors (Lipinski definition) is 2. The van der Waals surface area contributed by atoms with Crippen molar-refractivity contribution in [3.8, 4) is 0 Å².